The number of anilines is 3. The summed E-state index contributed by atoms with van der Waals surface area (Å²) in [5, 5.41) is 14.5. The van der Waals surface area contributed by atoms with E-state index in [1.807, 2.05) is 24.4 Å². The molecule has 0 saturated heterocycles. The third-order valence-electron chi connectivity index (χ3n) is 5.16. The third kappa shape index (κ3) is 3.63. The molecule has 0 atom stereocenters. The zero-order valence-electron chi connectivity index (χ0n) is 15.4. The zero-order chi connectivity index (χ0) is 19.8. The highest BCUT2D eigenvalue weighted by Gasteiger charge is 2.46. The number of hydrogen-bond acceptors (Lipinski definition) is 5. The highest BCUT2D eigenvalue weighted by atomic mass is 19.3. The predicted octanol–water partition coefficient (Wildman–Crippen LogP) is 4.55. The molecule has 0 amide bonds. The average Bonchev–Trinajstić information content (AvgIpc) is 3.34. The van der Waals surface area contributed by atoms with Crippen molar-refractivity contribution in [2.45, 2.75) is 31.2 Å². The van der Waals surface area contributed by atoms with Gasteiger partial charge in [0, 0.05) is 60.4 Å². The number of nitrogens with one attached hydrogen (secondary N) is 4. The molecule has 0 radical (unpaired) electrons. The molecule has 29 heavy (non-hydrogen) atoms. The van der Waals surface area contributed by atoms with Crippen LogP contribution < -0.4 is 10.6 Å². The van der Waals surface area contributed by atoms with Gasteiger partial charge in [-0.3, -0.25) is 5.10 Å². The minimum absolute atomic E-state index is 0.135. The topological polar surface area (TPSA) is 94.3 Å². The number of fused-ring (bicyclic) bond motifs is 1. The van der Waals surface area contributed by atoms with Crippen LogP contribution in [0.5, 0.6) is 0 Å². The number of halogens is 2. The summed E-state index contributed by atoms with van der Waals surface area (Å²) < 4.78 is 26.1. The second kappa shape index (κ2) is 6.84. The Labute approximate surface area is 165 Å². The van der Waals surface area contributed by atoms with Crippen LogP contribution in [0.2, 0.25) is 0 Å². The summed E-state index contributed by atoms with van der Waals surface area (Å²) >= 11 is 0. The van der Waals surface area contributed by atoms with Gasteiger partial charge in [0.15, 0.2) is 5.82 Å². The van der Waals surface area contributed by atoms with E-state index in [9.17, 15) is 8.78 Å². The standard InChI is InChI=1S/C20H19F2N7/c21-20(22)9-13(10-20)16-8-18(29-28-16)26-17-5-7-24-19(27-17)25-11-12-2-1-3-15-14(12)4-6-23-15/h1-8,13,23H,9-11H2,(H3,24,25,26,27,28,29). The van der Waals surface area contributed by atoms with Gasteiger partial charge in [-0.25, -0.2) is 13.8 Å². The summed E-state index contributed by atoms with van der Waals surface area (Å²) in [6, 6.07) is 11.6. The third-order valence-corrected chi connectivity index (χ3v) is 5.16. The molecule has 9 heteroatoms. The summed E-state index contributed by atoms with van der Waals surface area (Å²) in [5.74, 6) is -1.14. The minimum atomic E-state index is -2.55. The van der Waals surface area contributed by atoms with Gasteiger partial charge in [-0.15, -0.1) is 0 Å². The fourth-order valence-corrected chi connectivity index (χ4v) is 3.61. The predicted molar refractivity (Wildman–Crippen MR) is 106 cm³/mol. The van der Waals surface area contributed by atoms with Crippen molar-refractivity contribution >= 4 is 28.5 Å². The van der Waals surface area contributed by atoms with Gasteiger partial charge in [-0.2, -0.15) is 10.1 Å². The van der Waals surface area contributed by atoms with Crippen molar-refractivity contribution in [1.29, 1.82) is 0 Å². The lowest BCUT2D eigenvalue weighted by Crippen LogP contribution is -2.33. The van der Waals surface area contributed by atoms with Gasteiger partial charge in [0.05, 0.1) is 0 Å². The van der Waals surface area contributed by atoms with Gasteiger partial charge in [0.25, 0.3) is 0 Å². The Morgan fingerprint density at radius 1 is 1.14 bits per heavy atom. The fourth-order valence-electron chi connectivity index (χ4n) is 3.61. The second-order valence-electron chi connectivity index (χ2n) is 7.27. The molecule has 3 heterocycles. The van der Waals surface area contributed by atoms with Gasteiger partial charge in [-0.05, 0) is 23.8 Å². The Morgan fingerprint density at radius 2 is 2.03 bits per heavy atom. The summed E-state index contributed by atoms with van der Waals surface area (Å²) in [7, 11) is 0. The highest BCUT2D eigenvalue weighted by molar-refractivity contribution is 5.83. The molecule has 1 aliphatic carbocycles. The fraction of sp³-hybridized carbons (Fsp3) is 0.250. The van der Waals surface area contributed by atoms with E-state index in [0.717, 1.165) is 16.5 Å². The number of nitrogens with zero attached hydrogens (tertiary/aromatic N) is 3. The number of hydrogen-bond donors (Lipinski definition) is 4. The first-order chi connectivity index (χ1) is 14.1. The molecular formula is C20H19F2N7. The van der Waals surface area contributed by atoms with Crippen molar-refractivity contribution in [3.05, 3.63) is 60.0 Å². The number of rotatable bonds is 6. The maximum absolute atomic E-state index is 13.1. The average molecular weight is 395 g/mol. The monoisotopic (exact) mass is 395 g/mol. The quantitative estimate of drug-likeness (QED) is 0.384. The number of aromatic amines is 2. The Balaban J connectivity index is 1.24. The minimum Gasteiger partial charge on any atom is -0.361 e. The molecule has 1 fully saturated rings. The largest absolute Gasteiger partial charge is 0.361 e. The molecule has 4 N–H and O–H groups in total. The van der Waals surface area contributed by atoms with Crippen molar-refractivity contribution in [3.8, 4) is 0 Å². The Kier molecular flexibility index (Phi) is 4.15. The van der Waals surface area contributed by atoms with Crippen LogP contribution in [0.25, 0.3) is 10.9 Å². The van der Waals surface area contributed by atoms with Crippen LogP contribution in [0.3, 0.4) is 0 Å². The van der Waals surface area contributed by atoms with Crippen LogP contribution in [-0.2, 0) is 6.54 Å². The lowest BCUT2D eigenvalue weighted by molar-refractivity contribution is -0.0876. The van der Waals surface area contributed by atoms with Gasteiger partial charge in [-0.1, -0.05) is 12.1 Å². The summed E-state index contributed by atoms with van der Waals surface area (Å²) in [6.07, 6.45) is 3.29. The number of benzene rings is 1. The molecule has 1 aromatic carbocycles. The molecular weight excluding hydrogens is 376 g/mol. The van der Waals surface area contributed by atoms with Gasteiger partial charge in [0.1, 0.15) is 5.82 Å². The molecule has 0 unspecified atom stereocenters. The first-order valence-corrected chi connectivity index (χ1v) is 9.38. The van der Waals surface area contributed by atoms with Crippen LogP contribution in [0.4, 0.5) is 26.4 Å². The molecule has 1 saturated carbocycles. The molecule has 1 aliphatic rings. The SMILES string of the molecule is FC1(F)CC(c2cc(Nc3ccnc(NCc4cccc5[nH]ccc45)n3)n[nH]2)C1. The number of alkyl halides is 2. The molecule has 5 rings (SSSR count). The number of aromatic nitrogens is 5. The van der Waals surface area contributed by atoms with E-state index in [0.29, 0.717) is 29.8 Å². The van der Waals surface area contributed by atoms with Gasteiger partial charge >= 0.3 is 0 Å². The van der Waals surface area contributed by atoms with Gasteiger partial charge in [0.2, 0.25) is 11.9 Å². The summed E-state index contributed by atoms with van der Waals surface area (Å²) in [6.45, 7) is 0.584. The van der Waals surface area contributed by atoms with Crippen molar-refractivity contribution in [1.82, 2.24) is 25.1 Å². The van der Waals surface area contributed by atoms with Crippen molar-refractivity contribution in [2.24, 2.45) is 0 Å². The van der Waals surface area contributed by atoms with E-state index in [2.05, 4.69) is 41.8 Å². The van der Waals surface area contributed by atoms with Crippen LogP contribution in [0, 0.1) is 0 Å². The molecule has 148 valence electrons. The maximum Gasteiger partial charge on any atom is 0.249 e. The normalized spacial score (nSPS) is 15.9. The maximum atomic E-state index is 13.1. The molecule has 4 aromatic rings. The van der Waals surface area contributed by atoms with E-state index in [1.54, 1.807) is 18.3 Å². The summed E-state index contributed by atoms with van der Waals surface area (Å²) in [5.41, 5.74) is 2.93. The Hall–Kier alpha value is -3.49. The lowest BCUT2D eigenvalue weighted by atomic mass is 9.79. The summed E-state index contributed by atoms with van der Waals surface area (Å²) in [4.78, 5) is 11.9. The van der Waals surface area contributed by atoms with E-state index >= 15 is 0 Å². The van der Waals surface area contributed by atoms with Crippen LogP contribution >= 0.6 is 0 Å². The first kappa shape index (κ1) is 17.6. The molecule has 0 bridgehead atoms. The van der Waals surface area contributed by atoms with Crippen LogP contribution in [0.1, 0.15) is 30.0 Å². The molecule has 0 aliphatic heterocycles. The smallest absolute Gasteiger partial charge is 0.249 e. The van der Waals surface area contributed by atoms with E-state index < -0.39 is 5.92 Å². The number of H-pyrrole nitrogens is 2. The van der Waals surface area contributed by atoms with E-state index in [4.69, 9.17) is 0 Å². The molecule has 3 aromatic heterocycles. The van der Waals surface area contributed by atoms with E-state index in [-0.39, 0.29) is 18.8 Å². The lowest BCUT2D eigenvalue weighted by Gasteiger charge is -2.33. The Morgan fingerprint density at radius 3 is 2.90 bits per heavy atom. The Bertz CT molecular complexity index is 1140. The highest BCUT2D eigenvalue weighted by Crippen LogP contribution is 2.48. The van der Waals surface area contributed by atoms with Crippen molar-refractivity contribution in [2.75, 3.05) is 10.6 Å². The van der Waals surface area contributed by atoms with Crippen molar-refractivity contribution < 1.29 is 8.78 Å². The second-order valence-corrected chi connectivity index (χ2v) is 7.27. The zero-order valence-corrected chi connectivity index (χ0v) is 15.4. The molecule has 7 nitrogen and oxygen atoms in total. The molecule has 0 spiro atoms. The van der Waals surface area contributed by atoms with Crippen LogP contribution in [-0.4, -0.2) is 31.1 Å². The van der Waals surface area contributed by atoms with E-state index in [1.165, 1.54) is 0 Å². The van der Waals surface area contributed by atoms with Crippen molar-refractivity contribution in [3.63, 3.8) is 0 Å². The van der Waals surface area contributed by atoms with Gasteiger partial charge < -0.3 is 15.6 Å². The first-order valence-electron chi connectivity index (χ1n) is 9.38. The van der Waals surface area contributed by atoms with Crippen LogP contribution in [0.15, 0.2) is 48.8 Å².